The first-order valence-electron chi connectivity index (χ1n) is 4.85. The molecule has 3 N–H and O–H groups in total. The summed E-state index contributed by atoms with van der Waals surface area (Å²) in [5.41, 5.74) is 5.48. The zero-order valence-corrected chi connectivity index (χ0v) is 9.51. The minimum atomic E-state index is -0.661. The SMILES string of the molecule is CC(C)(C)N=C(N)Nc1cc(F)cc(F)c1. The molecule has 1 rings (SSSR count). The lowest BCUT2D eigenvalue weighted by Crippen LogP contribution is -2.27. The number of anilines is 1. The van der Waals surface area contributed by atoms with Crippen LogP contribution in [0.5, 0.6) is 0 Å². The lowest BCUT2D eigenvalue weighted by molar-refractivity contribution is 0.582. The lowest BCUT2D eigenvalue weighted by atomic mass is 10.1. The van der Waals surface area contributed by atoms with E-state index in [-0.39, 0.29) is 17.2 Å². The Kier molecular flexibility index (Phi) is 3.47. The third-order valence-electron chi connectivity index (χ3n) is 1.59. The van der Waals surface area contributed by atoms with Crippen molar-refractivity contribution in [3.63, 3.8) is 0 Å². The predicted molar refractivity (Wildman–Crippen MR) is 61.4 cm³/mol. The van der Waals surface area contributed by atoms with Crippen LogP contribution in [-0.2, 0) is 0 Å². The van der Waals surface area contributed by atoms with Crippen LogP contribution in [0.1, 0.15) is 20.8 Å². The Balaban J connectivity index is 2.85. The fraction of sp³-hybridized carbons (Fsp3) is 0.364. The third kappa shape index (κ3) is 4.25. The molecule has 0 aromatic heterocycles. The van der Waals surface area contributed by atoms with Gasteiger partial charge in [0.05, 0.1) is 5.54 Å². The van der Waals surface area contributed by atoms with E-state index < -0.39 is 11.6 Å². The van der Waals surface area contributed by atoms with Crippen molar-refractivity contribution in [2.45, 2.75) is 26.3 Å². The van der Waals surface area contributed by atoms with Gasteiger partial charge in [0, 0.05) is 11.8 Å². The van der Waals surface area contributed by atoms with E-state index in [9.17, 15) is 8.78 Å². The molecule has 0 fully saturated rings. The van der Waals surface area contributed by atoms with Gasteiger partial charge in [-0.1, -0.05) is 0 Å². The van der Waals surface area contributed by atoms with Gasteiger partial charge in [0.2, 0.25) is 0 Å². The van der Waals surface area contributed by atoms with Gasteiger partial charge in [-0.2, -0.15) is 0 Å². The van der Waals surface area contributed by atoms with Crippen LogP contribution in [0.4, 0.5) is 14.5 Å². The molecule has 0 atom stereocenters. The monoisotopic (exact) mass is 227 g/mol. The summed E-state index contributed by atoms with van der Waals surface area (Å²) in [6, 6.07) is 3.09. The van der Waals surface area contributed by atoms with Crippen LogP contribution >= 0.6 is 0 Å². The van der Waals surface area contributed by atoms with Crippen molar-refractivity contribution in [1.29, 1.82) is 0 Å². The highest BCUT2D eigenvalue weighted by molar-refractivity contribution is 5.92. The van der Waals surface area contributed by atoms with E-state index in [1.165, 1.54) is 0 Å². The summed E-state index contributed by atoms with van der Waals surface area (Å²) in [6.07, 6.45) is 0. The summed E-state index contributed by atoms with van der Waals surface area (Å²) in [4.78, 5) is 4.10. The van der Waals surface area contributed by atoms with Gasteiger partial charge in [-0.15, -0.1) is 0 Å². The largest absolute Gasteiger partial charge is 0.370 e. The Hall–Kier alpha value is -1.65. The van der Waals surface area contributed by atoms with Crippen LogP contribution in [0.3, 0.4) is 0 Å². The molecule has 0 aliphatic rings. The van der Waals surface area contributed by atoms with Crippen molar-refractivity contribution < 1.29 is 8.78 Å². The maximum atomic E-state index is 12.9. The van der Waals surface area contributed by atoms with Crippen molar-refractivity contribution >= 4 is 11.6 Å². The van der Waals surface area contributed by atoms with Crippen LogP contribution in [0.25, 0.3) is 0 Å². The van der Waals surface area contributed by atoms with E-state index >= 15 is 0 Å². The average Bonchev–Trinajstić information content (AvgIpc) is 1.96. The smallest absolute Gasteiger partial charge is 0.193 e. The van der Waals surface area contributed by atoms with Crippen LogP contribution in [-0.4, -0.2) is 11.5 Å². The molecule has 5 heteroatoms. The topological polar surface area (TPSA) is 50.4 Å². The molecule has 0 aliphatic carbocycles. The normalized spacial score (nSPS) is 12.7. The molecule has 0 bridgehead atoms. The van der Waals surface area contributed by atoms with Crippen molar-refractivity contribution in [1.82, 2.24) is 0 Å². The summed E-state index contributed by atoms with van der Waals surface area (Å²) in [7, 11) is 0. The highest BCUT2D eigenvalue weighted by Crippen LogP contribution is 2.13. The zero-order chi connectivity index (χ0) is 12.3. The Labute approximate surface area is 93.4 Å². The Morgan fingerprint density at radius 1 is 1.19 bits per heavy atom. The molecule has 0 saturated carbocycles. The summed E-state index contributed by atoms with van der Waals surface area (Å²) >= 11 is 0. The zero-order valence-electron chi connectivity index (χ0n) is 9.51. The van der Waals surface area contributed by atoms with Crippen molar-refractivity contribution in [2.75, 3.05) is 5.32 Å². The fourth-order valence-electron chi connectivity index (χ4n) is 1.16. The van der Waals surface area contributed by atoms with E-state index in [4.69, 9.17) is 5.73 Å². The number of nitrogens with one attached hydrogen (secondary N) is 1. The average molecular weight is 227 g/mol. The van der Waals surface area contributed by atoms with Gasteiger partial charge in [-0.3, -0.25) is 0 Å². The second-order valence-corrected chi connectivity index (χ2v) is 4.45. The number of nitrogens with two attached hydrogens (primary N) is 1. The molecule has 3 nitrogen and oxygen atoms in total. The van der Waals surface area contributed by atoms with Crippen molar-refractivity contribution in [2.24, 2.45) is 10.7 Å². The summed E-state index contributed by atoms with van der Waals surface area (Å²) in [5.74, 6) is -1.20. The number of halogens is 2. The highest BCUT2D eigenvalue weighted by Gasteiger charge is 2.08. The molecule has 16 heavy (non-hydrogen) atoms. The molecule has 0 saturated heterocycles. The molecule has 0 amide bonds. The summed E-state index contributed by atoms with van der Waals surface area (Å²) < 4.78 is 25.7. The van der Waals surface area contributed by atoms with Gasteiger partial charge in [-0.25, -0.2) is 13.8 Å². The van der Waals surface area contributed by atoms with E-state index in [1.54, 1.807) is 0 Å². The van der Waals surface area contributed by atoms with Crippen LogP contribution in [0.15, 0.2) is 23.2 Å². The minimum Gasteiger partial charge on any atom is -0.370 e. The first-order valence-corrected chi connectivity index (χ1v) is 4.85. The maximum Gasteiger partial charge on any atom is 0.193 e. The Bertz CT molecular complexity index is 388. The summed E-state index contributed by atoms with van der Waals surface area (Å²) in [5, 5.41) is 2.63. The standard InChI is InChI=1S/C11H15F2N3/c1-11(2,3)16-10(14)15-9-5-7(12)4-8(13)6-9/h4-6H,1-3H3,(H3,14,15,16). The van der Waals surface area contributed by atoms with E-state index in [2.05, 4.69) is 10.3 Å². The molecule has 1 aromatic rings. The molecular formula is C11H15F2N3. The number of hydrogen-bond donors (Lipinski definition) is 2. The van der Waals surface area contributed by atoms with Crippen LogP contribution < -0.4 is 11.1 Å². The number of aliphatic imine (C=N–C) groups is 1. The van der Waals surface area contributed by atoms with E-state index in [1.807, 2.05) is 20.8 Å². The van der Waals surface area contributed by atoms with Gasteiger partial charge >= 0.3 is 0 Å². The molecule has 0 unspecified atom stereocenters. The van der Waals surface area contributed by atoms with Crippen LogP contribution in [0, 0.1) is 11.6 Å². The molecular weight excluding hydrogens is 212 g/mol. The van der Waals surface area contributed by atoms with Gasteiger partial charge in [0.1, 0.15) is 11.6 Å². The van der Waals surface area contributed by atoms with E-state index in [0.717, 1.165) is 18.2 Å². The van der Waals surface area contributed by atoms with E-state index in [0.29, 0.717) is 0 Å². The Morgan fingerprint density at radius 3 is 2.12 bits per heavy atom. The number of nitrogens with zero attached hydrogens (tertiary/aromatic N) is 1. The first kappa shape index (κ1) is 12.4. The number of benzene rings is 1. The first-order chi connectivity index (χ1) is 7.26. The molecule has 0 aliphatic heterocycles. The second-order valence-electron chi connectivity index (χ2n) is 4.45. The predicted octanol–water partition coefficient (Wildman–Crippen LogP) is 2.49. The molecule has 1 aromatic carbocycles. The quantitative estimate of drug-likeness (QED) is 0.572. The third-order valence-corrected chi connectivity index (χ3v) is 1.59. The maximum absolute atomic E-state index is 12.9. The number of hydrogen-bond acceptors (Lipinski definition) is 1. The Morgan fingerprint density at radius 2 is 1.69 bits per heavy atom. The van der Waals surface area contributed by atoms with Crippen LogP contribution in [0.2, 0.25) is 0 Å². The van der Waals surface area contributed by atoms with Gasteiger partial charge < -0.3 is 11.1 Å². The lowest BCUT2D eigenvalue weighted by Gasteiger charge is -2.14. The number of rotatable bonds is 1. The number of guanidine groups is 1. The van der Waals surface area contributed by atoms with Gasteiger partial charge in [0.25, 0.3) is 0 Å². The fourth-order valence-corrected chi connectivity index (χ4v) is 1.16. The van der Waals surface area contributed by atoms with Gasteiger partial charge in [-0.05, 0) is 32.9 Å². The van der Waals surface area contributed by atoms with Crippen molar-refractivity contribution in [3.8, 4) is 0 Å². The van der Waals surface area contributed by atoms with Crippen molar-refractivity contribution in [3.05, 3.63) is 29.8 Å². The highest BCUT2D eigenvalue weighted by atomic mass is 19.1. The molecule has 0 spiro atoms. The van der Waals surface area contributed by atoms with Gasteiger partial charge in [0.15, 0.2) is 5.96 Å². The summed E-state index contributed by atoms with van der Waals surface area (Å²) in [6.45, 7) is 5.61. The second kappa shape index (κ2) is 4.47. The molecule has 0 radical (unpaired) electrons. The molecule has 0 heterocycles. The minimum absolute atomic E-state index is 0.123. The molecule has 88 valence electrons.